The van der Waals surface area contributed by atoms with Crippen LogP contribution in [0.25, 0.3) is 0 Å². The Morgan fingerprint density at radius 2 is 1.81 bits per heavy atom. The van der Waals surface area contributed by atoms with E-state index >= 15 is 0 Å². The maximum absolute atomic E-state index is 12.1. The molecule has 112 valence electrons. The third-order valence-electron chi connectivity index (χ3n) is 4.39. The van der Waals surface area contributed by atoms with E-state index < -0.39 is 5.60 Å². The smallest absolute Gasteiger partial charge is 0.251 e. The highest BCUT2D eigenvalue weighted by Gasteiger charge is 2.36. The molecular weight excluding hydrogens is 264 g/mol. The monoisotopic (exact) mass is 286 g/mol. The molecule has 0 radical (unpaired) electrons. The first kappa shape index (κ1) is 15.5. The molecule has 2 N–H and O–H groups in total. The summed E-state index contributed by atoms with van der Waals surface area (Å²) in [6.45, 7) is 4.70. The lowest BCUT2D eigenvalue weighted by Crippen LogP contribution is -2.46. The molecule has 4 heteroatoms. The Bertz CT molecular complexity index is 545. The van der Waals surface area contributed by atoms with Crippen LogP contribution in [-0.2, 0) is 0 Å². The molecule has 2 rings (SSSR count). The number of aliphatic hydroxyl groups is 1. The first-order valence-electron chi connectivity index (χ1n) is 7.34. The SMILES string of the molecule is CC1(C)CCC(O)(CNC(=O)c2ccc(C#N)cc2)CC1. The number of nitriles is 1. The highest BCUT2D eigenvalue weighted by molar-refractivity contribution is 5.94. The molecule has 1 saturated carbocycles. The Balaban J connectivity index is 1.90. The van der Waals surface area contributed by atoms with Crippen molar-refractivity contribution < 1.29 is 9.90 Å². The third-order valence-corrected chi connectivity index (χ3v) is 4.39. The average Bonchev–Trinajstić information content (AvgIpc) is 2.49. The van der Waals surface area contributed by atoms with Crippen molar-refractivity contribution >= 4 is 5.91 Å². The highest BCUT2D eigenvalue weighted by atomic mass is 16.3. The van der Waals surface area contributed by atoms with E-state index in [9.17, 15) is 9.90 Å². The van der Waals surface area contributed by atoms with E-state index in [1.165, 1.54) is 0 Å². The average molecular weight is 286 g/mol. The zero-order valence-corrected chi connectivity index (χ0v) is 12.6. The van der Waals surface area contributed by atoms with Gasteiger partial charge in [-0.05, 0) is 55.4 Å². The van der Waals surface area contributed by atoms with Crippen molar-refractivity contribution in [3.05, 3.63) is 35.4 Å². The summed E-state index contributed by atoms with van der Waals surface area (Å²) in [5, 5.41) is 22.1. The molecule has 0 atom stereocenters. The number of hydrogen-bond acceptors (Lipinski definition) is 3. The summed E-state index contributed by atoms with van der Waals surface area (Å²) in [6, 6.07) is 8.51. The molecule has 21 heavy (non-hydrogen) atoms. The van der Waals surface area contributed by atoms with Gasteiger partial charge in [0.15, 0.2) is 0 Å². The summed E-state index contributed by atoms with van der Waals surface area (Å²) in [5.74, 6) is -0.210. The minimum absolute atomic E-state index is 0.210. The third kappa shape index (κ3) is 4.05. The Morgan fingerprint density at radius 1 is 1.24 bits per heavy atom. The molecule has 4 nitrogen and oxygen atoms in total. The standard InChI is InChI=1S/C17H22N2O2/c1-16(2)7-9-17(21,10-8-16)12-19-15(20)14-5-3-13(11-18)4-6-14/h3-6,21H,7-10,12H2,1-2H3,(H,19,20). The van der Waals surface area contributed by atoms with Gasteiger partial charge >= 0.3 is 0 Å². The summed E-state index contributed by atoms with van der Waals surface area (Å²) in [6.07, 6.45) is 3.37. The molecular formula is C17H22N2O2. The summed E-state index contributed by atoms with van der Waals surface area (Å²) in [4.78, 5) is 12.1. The lowest BCUT2D eigenvalue weighted by Gasteiger charge is -2.40. The minimum Gasteiger partial charge on any atom is -0.388 e. The summed E-state index contributed by atoms with van der Waals surface area (Å²) >= 11 is 0. The van der Waals surface area contributed by atoms with E-state index in [0.717, 1.165) is 12.8 Å². The topological polar surface area (TPSA) is 73.1 Å². The van der Waals surface area contributed by atoms with Crippen molar-refractivity contribution in [3.8, 4) is 6.07 Å². The second kappa shape index (κ2) is 5.87. The second-order valence-corrected chi connectivity index (χ2v) is 6.76. The van der Waals surface area contributed by atoms with Crippen molar-refractivity contribution in [2.75, 3.05) is 6.54 Å². The number of rotatable bonds is 3. The summed E-state index contributed by atoms with van der Waals surface area (Å²) in [5.41, 5.74) is 0.523. The Kier molecular flexibility index (Phi) is 4.34. The van der Waals surface area contributed by atoms with Crippen LogP contribution >= 0.6 is 0 Å². The van der Waals surface area contributed by atoms with E-state index in [-0.39, 0.29) is 17.9 Å². The van der Waals surface area contributed by atoms with Gasteiger partial charge in [-0.15, -0.1) is 0 Å². The van der Waals surface area contributed by atoms with Gasteiger partial charge in [0, 0.05) is 12.1 Å². The van der Waals surface area contributed by atoms with Gasteiger partial charge in [0.2, 0.25) is 0 Å². The molecule has 0 spiro atoms. The van der Waals surface area contributed by atoms with Crippen LogP contribution in [0.1, 0.15) is 55.5 Å². The molecule has 1 fully saturated rings. The molecule has 1 amide bonds. The molecule has 1 aromatic carbocycles. The van der Waals surface area contributed by atoms with Crippen LogP contribution in [0.5, 0.6) is 0 Å². The van der Waals surface area contributed by atoms with Gasteiger partial charge in [-0.1, -0.05) is 13.8 Å². The zero-order valence-electron chi connectivity index (χ0n) is 12.6. The van der Waals surface area contributed by atoms with E-state index in [4.69, 9.17) is 5.26 Å². The molecule has 0 aliphatic heterocycles. The van der Waals surface area contributed by atoms with Gasteiger partial charge in [0.25, 0.3) is 5.91 Å². The van der Waals surface area contributed by atoms with Crippen molar-refractivity contribution in [2.24, 2.45) is 5.41 Å². The Hall–Kier alpha value is -1.86. The van der Waals surface area contributed by atoms with Gasteiger partial charge in [-0.2, -0.15) is 5.26 Å². The van der Waals surface area contributed by atoms with Crippen LogP contribution in [0.2, 0.25) is 0 Å². The fraction of sp³-hybridized carbons (Fsp3) is 0.529. The number of nitrogens with zero attached hydrogens (tertiary/aromatic N) is 1. The summed E-state index contributed by atoms with van der Waals surface area (Å²) < 4.78 is 0. The Morgan fingerprint density at radius 3 is 2.33 bits per heavy atom. The van der Waals surface area contributed by atoms with Gasteiger partial charge in [-0.3, -0.25) is 4.79 Å². The molecule has 0 unspecified atom stereocenters. The van der Waals surface area contributed by atoms with Crippen LogP contribution in [0.4, 0.5) is 0 Å². The number of benzene rings is 1. The molecule has 1 aliphatic rings. The highest BCUT2D eigenvalue weighted by Crippen LogP contribution is 2.39. The predicted molar refractivity (Wildman–Crippen MR) is 80.7 cm³/mol. The van der Waals surface area contributed by atoms with E-state index in [1.54, 1.807) is 24.3 Å². The van der Waals surface area contributed by atoms with Crippen molar-refractivity contribution in [3.63, 3.8) is 0 Å². The number of hydrogen-bond donors (Lipinski definition) is 2. The normalized spacial score (nSPS) is 19.5. The maximum Gasteiger partial charge on any atom is 0.251 e. The van der Waals surface area contributed by atoms with Gasteiger partial charge < -0.3 is 10.4 Å². The van der Waals surface area contributed by atoms with E-state index in [1.807, 2.05) is 6.07 Å². The van der Waals surface area contributed by atoms with Crippen LogP contribution < -0.4 is 5.32 Å². The minimum atomic E-state index is -0.794. The molecule has 0 aromatic heterocycles. The molecule has 1 aromatic rings. The second-order valence-electron chi connectivity index (χ2n) is 6.76. The fourth-order valence-corrected chi connectivity index (χ4v) is 2.61. The molecule has 0 bridgehead atoms. The lowest BCUT2D eigenvalue weighted by molar-refractivity contribution is -0.0233. The lowest BCUT2D eigenvalue weighted by atomic mass is 9.71. The Labute approximate surface area is 125 Å². The molecule has 0 saturated heterocycles. The van der Waals surface area contributed by atoms with Crippen LogP contribution in [0.3, 0.4) is 0 Å². The fourth-order valence-electron chi connectivity index (χ4n) is 2.61. The quantitative estimate of drug-likeness (QED) is 0.897. The number of nitrogens with one attached hydrogen (secondary N) is 1. The van der Waals surface area contributed by atoms with Crippen molar-refractivity contribution in [2.45, 2.75) is 45.1 Å². The van der Waals surface area contributed by atoms with E-state index in [0.29, 0.717) is 24.0 Å². The largest absolute Gasteiger partial charge is 0.388 e. The van der Waals surface area contributed by atoms with Crippen LogP contribution in [-0.4, -0.2) is 23.2 Å². The summed E-state index contributed by atoms with van der Waals surface area (Å²) in [7, 11) is 0. The maximum atomic E-state index is 12.1. The molecule has 0 heterocycles. The van der Waals surface area contributed by atoms with E-state index in [2.05, 4.69) is 19.2 Å². The molecule has 1 aliphatic carbocycles. The van der Waals surface area contributed by atoms with Gasteiger partial charge in [-0.25, -0.2) is 0 Å². The predicted octanol–water partition coefficient (Wildman–Crippen LogP) is 2.62. The van der Waals surface area contributed by atoms with Gasteiger partial charge in [0.1, 0.15) is 0 Å². The van der Waals surface area contributed by atoms with Crippen molar-refractivity contribution in [1.29, 1.82) is 5.26 Å². The van der Waals surface area contributed by atoms with Gasteiger partial charge in [0.05, 0.1) is 17.2 Å². The van der Waals surface area contributed by atoms with Crippen molar-refractivity contribution in [1.82, 2.24) is 5.32 Å². The first-order chi connectivity index (χ1) is 9.84. The number of amides is 1. The van der Waals surface area contributed by atoms with Crippen LogP contribution in [0, 0.1) is 16.7 Å². The zero-order chi connectivity index (χ0) is 15.5. The van der Waals surface area contributed by atoms with Crippen LogP contribution in [0.15, 0.2) is 24.3 Å². The number of carbonyl (C=O) groups is 1. The number of carbonyl (C=O) groups excluding carboxylic acids is 1. The first-order valence-corrected chi connectivity index (χ1v) is 7.34.